The summed E-state index contributed by atoms with van der Waals surface area (Å²) in [5.74, 6) is 1.60. The van der Waals surface area contributed by atoms with Crippen LogP contribution in [0, 0.1) is 0 Å². The average molecular weight is 293 g/mol. The summed E-state index contributed by atoms with van der Waals surface area (Å²) in [6.07, 6.45) is 4.04. The number of para-hydroxylation sites is 2. The maximum Gasteiger partial charge on any atom is 0.161 e. The fourth-order valence-electron chi connectivity index (χ4n) is 3.15. The molecule has 0 aromatic heterocycles. The third-order valence-electron chi connectivity index (χ3n) is 4.10. The second kappa shape index (κ2) is 7.66. The molecule has 2 N–H and O–H groups in total. The molecule has 0 spiro atoms. The van der Waals surface area contributed by atoms with E-state index in [1.807, 2.05) is 31.2 Å². The number of aliphatic hydroxyl groups is 1. The summed E-state index contributed by atoms with van der Waals surface area (Å²) in [5.41, 5.74) is -0.196. The first kappa shape index (κ1) is 16.1. The molecule has 2 atom stereocenters. The highest BCUT2D eigenvalue weighted by Crippen LogP contribution is 2.34. The molecule has 1 saturated carbocycles. The topological polar surface area (TPSA) is 50.7 Å². The quantitative estimate of drug-likeness (QED) is 0.811. The number of ether oxygens (including phenoxy) is 2. The first-order valence-corrected chi connectivity index (χ1v) is 7.97. The molecule has 0 aliphatic heterocycles. The van der Waals surface area contributed by atoms with Crippen molar-refractivity contribution in [3.8, 4) is 11.5 Å². The average Bonchev–Trinajstić information content (AvgIpc) is 2.50. The van der Waals surface area contributed by atoms with Crippen molar-refractivity contribution >= 4 is 0 Å². The number of benzene rings is 1. The fourth-order valence-corrected chi connectivity index (χ4v) is 3.15. The van der Waals surface area contributed by atoms with Crippen LogP contribution in [0.1, 0.15) is 39.5 Å². The Labute approximate surface area is 127 Å². The van der Waals surface area contributed by atoms with E-state index < -0.39 is 0 Å². The zero-order valence-corrected chi connectivity index (χ0v) is 13.1. The number of hydrogen-bond acceptors (Lipinski definition) is 4. The molecule has 1 aromatic rings. The summed E-state index contributed by atoms with van der Waals surface area (Å²) in [6, 6.07) is 7.80. The molecule has 1 aliphatic carbocycles. The van der Waals surface area contributed by atoms with Gasteiger partial charge in [-0.15, -0.1) is 0 Å². The van der Waals surface area contributed by atoms with E-state index in [-0.39, 0.29) is 18.2 Å². The molecule has 0 heterocycles. The lowest BCUT2D eigenvalue weighted by Gasteiger charge is -2.40. The van der Waals surface area contributed by atoms with Crippen LogP contribution in [0.2, 0.25) is 0 Å². The second-order valence-electron chi connectivity index (χ2n) is 5.68. The van der Waals surface area contributed by atoms with Gasteiger partial charge in [0.1, 0.15) is 6.10 Å². The van der Waals surface area contributed by atoms with Gasteiger partial charge in [0.25, 0.3) is 0 Å². The minimum absolute atomic E-state index is 0.117. The lowest BCUT2D eigenvalue weighted by molar-refractivity contribution is 0.0504. The van der Waals surface area contributed by atoms with Gasteiger partial charge in [-0.2, -0.15) is 0 Å². The SMILES string of the molecule is CCNC1(CO)CCCC(Oc2ccccc2OCC)C1. The molecule has 0 bridgehead atoms. The van der Waals surface area contributed by atoms with Gasteiger partial charge < -0.3 is 19.9 Å². The van der Waals surface area contributed by atoms with Gasteiger partial charge in [-0.3, -0.25) is 0 Å². The molecule has 0 saturated heterocycles. The van der Waals surface area contributed by atoms with Crippen molar-refractivity contribution in [2.24, 2.45) is 0 Å². The predicted molar refractivity (Wildman–Crippen MR) is 84.0 cm³/mol. The van der Waals surface area contributed by atoms with Crippen LogP contribution in [0.3, 0.4) is 0 Å². The highest BCUT2D eigenvalue weighted by Gasteiger charge is 2.36. The van der Waals surface area contributed by atoms with Crippen molar-refractivity contribution in [2.75, 3.05) is 19.8 Å². The molecule has 4 heteroatoms. The van der Waals surface area contributed by atoms with E-state index in [2.05, 4.69) is 12.2 Å². The van der Waals surface area contributed by atoms with Crippen molar-refractivity contribution < 1.29 is 14.6 Å². The van der Waals surface area contributed by atoms with Crippen LogP contribution in [0.5, 0.6) is 11.5 Å². The van der Waals surface area contributed by atoms with Crippen LogP contribution >= 0.6 is 0 Å². The molecule has 1 aromatic carbocycles. The zero-order valence-electron chi connectivity index (χ0n) is 13.1. The standard InChI is InChI=1S/C17H27NO3/c1-3-18-17(13-19)11-7-8-14(12-17)21-16-10-6-5-9-15(16)20-4-2/h5-6,9-10,14,18-19H,3-4,7-8,11-13H2,1-2H3. The van der Waals surface area contributed by atoms with Gasteiger partial charge in [0.15, 0.2) is 11.5 Å². The van der Waals surface area contributed by atoms with Crippen molar-refractivity contribution in [3.05, 3.63) is 24.3 Å². The number of nitrogens with one attached hydrogen (secondary N) is 1. The normalized spacial score (nSPS) is 25.6. The largest absolute Gasteiger partial charge is 0.490 e. The molecule has 2 rings (SSSR count). The Morgan fingerprint density at radius 2 is 2.05 bits per heavy atom. The lowest BCUT2D eigenvalue weighted by atomic mass is 9.80. The maximum atomic E-state index is 9.75. The van der Waals surface area contributed by atoms with Gasteiger partial charge in [-0.05, 0) is 44.9 Å². The number of aliphatic hydroxyl groups excluding tert-OH is 1. The Kier molecular flexibility index (Phi) is 5.88. The van der Waals surface area contributed by atoms with Gasteiger partial charge >= 0.3 is 0 Å². The van der Waals surface area contributed by atoms with E-state index in [4.69, 9.17) is 9.47 Å². The van der Waals surface area contributed by atoms with E-state index in [1.165, 1.54) is 0 Å². The van der Waals surface area contributed by atoms with Crippen molar-refractivity contribution in [2.45, 2.75) is 51.2 Å². The number of rotatable bonds is 7. The van der Waals surface area contributed by atoms with Crippen molar-refractivity contribution in [1.29, 1.82) is 0 Å². The number of hydrogen-bond donors (Lipinski definition) is 2. The summed E-state index contributed by atoms with van der Waals surface area (Å²) < 4.78 is 11.8. The summed E-state index contributed by atoms with van der Waals surface area (Å²) in [4.78, 5) is 0. The Balaban J connectivity index is 2.05. The van der Waals surface area contributed by atoms with Crippen LogP contribution in [-0.4, -0.2) is 36.5 Å². The fraction of sp³-hybridized carbons (Fsp3) is 0.647. The molecule has 0 amide bonds. The van der Waals surface area contributed by atoms with Crippen molar-refractivity contribution in [3.63, 3.8) is 0 Å². The lowest BCUT2D eigenvalue weighted by Crippen LogP contribution is -2.53. The molecule has 1 aliphatic rings. The minimum atomic E-state index is -0.196. The first-order chi connectivity index (χ1) is 10.2. The van der Waals surface area contributed by atoms with Gasteiger partial charge in [0, 0.05) is 12.0 Å². The monoisotopic (exact) mass is 293 g/mol. The van der Waals surface area contributed by atoms with Crippen LogP contribution in [0.4, 0.5) is 0 Å². The van der Waals surface area contributed by atoms with Crippen LogP contribution in [-0.2, 0) is 0 Å². The molecule has 118 valence electrons. The van der Waals surface area contributed by atoms with E-state index in [0.717, 1.165) is 43.7 Å². The molecule has 21 heavy (non-hydrogen) atoms. The molecule has 2 unspecified atom stereocenters. The van der Waals surface area contributed by atoms with Crippen LogP contribution in [0.25, 0.3) is 0 Å². The van der Waals surface area contributed by atoms with E-state index in [0.29, 0.717) is 6.61 Å². The summed E-state index contributed by atoms with van der Waals surface area (Å²) >= 11 is 0. The van der Waals surface area contributed by atoms with Gasteiger partial charge in [-0.25, -0.2) is 0 Å². The molecular weight excluding hydrogens is 266 g/mol. The third kappa shape index (κ3) is 4.11. The molecule has 0 radical (unpaired) electrons. The van der Waals surface area contributed by atoms with E-state index >= 15 is 0 Å². The minimum Gasteiger partial charge on any atom is -0.490 e. The smallest absolute Gasteiger partial charge is 0.161 e. The highest BCUT2D eigenvalue weighted by atomic mass is 16.5. The van der Waals surface area contributed by atoms with Crippen LogP contribution < -0.4 is 14.8 Å². The molecule has 1 fully saturated rings. The Bertz CT molecular complexity index is 434. The van der Waals surface area contributed by atoms with E-state index in [1.54, 1.807) is 0 Å². The summed E-state index contributed by atoms with van der Waals surface area (Å²) in [6.45, 7) is 5.70. The predicted octanol–water partition coefficient (Wildman–Crippen LogP) is 2.75. The Morgan fingerprint density at radius 3 is 2.71 bits per heavy atom. The van der Waals surface area contributed by atoms with Gasteiger partial charge in [0.2, 0.25) is 0 Å². The van der Waals surface area contributed by atoms with Crippen LogP contribution in [0.15, 0.2) is 24.3 Å². The van der Waals surface area contributed by atoms with E-state index in [9.17, 15) is 5.11 Å². The number of likely N-dealkylation sites (N-methyl/N-ethyl adjacent to an activating group) is 1. The third-order valence-corrected chi connectivity index (χ3v) is 4.10. The summed E-state index contributed by atoms with van der Waals surface area (Å²) in [7, 11) is 0. The first-order valence-electron chi connectivity index (χ1n) is 7.97. The van der Waals surface area contributed by atoms with Crippen molar-refractivity contribution in [1.82, 2.24) is 5.32 Å². The Morgan fingerprint density at radius 1 is 1.29 bits per heavy atom. The second-order valence-corrected chi connectivity index (χ2v) is 5.68. The highest BCUT2D eigenvalue weighted by molar-refractivity contribution is 5.39. The zero-order chi connectivity index (χ0) is 15.1. The molecule has 4 nitrogen and oxygen atoms in total. The van der Waals surface area contributed by atoms with Gasteiger partial charge in [-0.1, -0.05) is 19.1 Å². The van der Waals surface area contributed by atoms with Gasteiger partial charge in [0.05, 0.1) is 13.2 Å². The Hall–Kier alpha value is -1.26. The maximum absolute atomic E-state index is 9.75. The molecular formula is C17H27NO3. The summed E-state index contributed by atoms with van der Waals surface area (Å²) in [5, 5.41) is 13.2.